The number of halogens is 4. The summed E-state index contributed by atoms with van der Waals surface area (Å²) in [4.78, 5) is 3.68. The summed E-state index contributed by atoms with van der Waals surface area (Å²) in [6, 6.07) is 6.76. The number of benzene rings is 1. The monoisotopic (exact) mass is 296 g/mol. The van der Waals surface area contributed by atoms with Gasteiger partial charge in [0.05, 0.1) is 11.3 Å². The van der Waals surface area contributed by atoms with Crippen molar-refractivity contribution in [2.75, 3.05) is 11.1 Å². The highest BCUT2D eigenvalue weighted by Gasteiger charge is 2.31. The van der Waals surface area contributed by atoms with Gasteiger partial charge in [0.15, 0.2) is 0 Å². The van der Waals surface area contributed by atoms with Gasteiger partial charge in [-0.05, 0) is 24.3 Å². The quantitative estimate of drug-likeness (QED) is 0.832. The van der Waals surface area contributed by atoms with Crippen LogP contribution in [0.4, 0.5) is 34.9 Å². The average molecular weight is 296 g/mol. The molecule has 0 aliphatic rings. The average Bonchev–Trinajstić information content (AvgIpc) is 2.37. The van der Waals surface area contributed by atoms with E-state index < -0.39 is 17.6 Å². The van der Waals surface area contributed by atoms with Gasteiger partial charge in [-0.15, -0.1) is 0 Å². The molecular weight excluding hydrogens is 288 g/mol. The van der Waals surface area contributed by atoms with Gasteiger partial charge >= 0.3 is 6.18 Å². The molecule has 0 atom stereocenters. The summed E-state index contributed by atoms with van der Waals surface area (Å²) in [7, 11) is 0. The second-order valence-corrected chi connectivity index (χ2v) is 4.06. The number of hydrogen-bond donors (Lipinski definition) is 2. The van der Waals surface area contributed by atoms with Crippen molar-refractivity contribution in [1.82, 2.24) is 4.98 Å². The molecule has 2 aromatic rings. The Morgan fingerprint density at radius 2 is 1.95 bits per heavy atom. The second-order valence-electron chi connectivity index (χ2n) is 4.06. The van der Waals surface area contributed by atoms with Crippen LogP contribution in [0.1, 0.15) is 11.1 Å². The van der Waals surface area contributed by atoms with Crippen molar-refractivity contribution in [1.29, 1.82) is 5.26 Å². The van der Waals surface area contributed by atoms with Crippen molar-refractivity contribution in [2.24, 2.45) is 0 Å². The number of aromatic nitrogens is 1. The van der Waals surface area contributed by atoms with E-state index in [4.69, 9.17) is 11.0 Å². The summed E-state index contributed by atoms with van der Waals surface area (Å²) in [5.41, 5.74) is 4.01. The number of anilines is 3. The largest absolute Gasteiger partial charge is 0.416 e. The SMILES string of the molecule is N#Cc1c(F)cccc1Nc1cc(C(F)(F)F)cc(N)n1. The molecule has 0 spiro atoms. The van der Waals surface area contributed by atoms with Crippen LogP contribution in [0.5, 0.6) is 0 Å². The fourth-order valence-corrected chi connectivity index (χ4v) is 1.66. The van der Waals surface area contributed by atoms with Gasteiger partial charge in [-0.2, -0.15) is 18.4 Å². The minimum atomic E-state index is -4.59. The zero-order chi connectivity index (χ0) is 15.6. The summed E-state index contributed by atoms with van der Waals surface area (Å²) in [6.07, 6.45) is -4.59. The van der Waals surface area contributed by atoms with E-state index >= 15 is 0 Å². The first-order valence-corrected chi connectivity index (χ1v) is 5.61. The molecule has 21 heavy (non-hydrogen) atoms. The predicted molar refractivity (Wildman–Crippen MR) is 68.0 cm³/mol. The molecule has 2 rings (SSSR count). The third-order valence-corrected chi connectivity index (χ3v) is 2.56. The van der Waals surface area contributed by atoms with Crippen LogP contribution in [-0.4, -0.2) is 4.98 Å². The number of rotatable bonds is 2. The van der Waals surface area contributed by atoms with Crippen LogP contribution in [0.2, 0.25) is 0 Å². The van der Waals surface area contributed by atoms with Gasteiger partial charge in [0, 0.05) is 0 Å². The lowest BCUT2D eigenvalue weighted by atomic mass is 10.1. The van der Waals surface area contributed by atoms with Crippen molar-refractivity contribution in [2.45, 2.75) is 6.18 Å². The molecule has 3 N–H and O–H groups in total. The zero-order valence-electron chi connectivity index (χ0n) is 10.4. The lowest BCUT2D eigenvalue weighted by Crippen LogP contribution is -2.08. The fourth-order valence-electron chi connectivity index (χ4n) is 1.66. The van der Waals surface area contributed by atoms with Gasteiger partial charge in [-0.1, -0.05) is 6.07 Å². The van der Waals surface area contributed by atoms with Crippen LogP contribution in [0.25, 0.3) is 0 Å². The number of nitriles is 1. The minimum Gasteiger partial charge on any atom is -0.384 e. The lowest BCUT2D eigenvalue weighted by Gasteiger charge is -2.12. The molecular formula is C13H8F4N4. The third-order valence-electron chi connectivity index (χ3n) is 2.56. The highest BCUT2D eigenvalue weighted by molar-refractivity contribution is 5.66. The van der Waals surface area contributed by atoms with E-state index in [1.807, 2.05) is 0 Å². The molecule has 0 saturated carbocycles. The Morgan fingerprint density at radius 1 is 1.24 bits per heavy atom. The Morgan fingerprint density at radius 3 is 2.57 bits per heavy atom. The highest BCUT2D eigenvalue weighted by Crippen LogP contribution is 2.32. The van der Waals surface area contributed by atoms with E-state index in [9.17, 15) is 17.6 Å². The lowest BCUT2D eigenvalue weighted by molar-refractivity contribution is -0.137. The number of nitrogens with one attached hydrogen (secondary N) is 1. The molecule has 0 aliphatic carbocycles. The van der Waals surface area contributed by atoms with E-state index in [-0.39, 0.29) is 22.9 Å². The van der Waals surface area contributed by atoms with Crippen LogP contribution in [0.3, 0.4) is 0 Å². The Kier molecular flexibility index (Phi) is 3.67. The van der Waals surface area contributed by atoms with Crippen LogP contribution in [0.15, 0.2) is 30.3 Å². The zero-order valence-corrected chi connectivity index (χ0v) is 10.4. The van der Waals surface area contributed by atoms with Gasteiger partial charge in [-0.25, -0.2) is 9.37 Å². The highest BCUT2D eigenvalue weighted by atomic mass is 19.4. The van der Waals surface area contributed by atoms with Crippen molar-refractivity contribution in [3.63, 3.8) is 0 Å². The first-order chi connectivity index (χ1) is 9.81. The molecule has 108 valence electrons. The number of hydrogen-bond acceptors (Lipinski definition) is 4. The fraction of sp³-hybridized carbons (Fsp3) is 0.0769. The van der Waals surface area contributed by atoms with Gasteiger partial charge in [-0.3, -0.25) is 0 Å². The summed E-state index contributed by atoms with van der Waals surface area (Å²) in [5.74, 6) is -1.37. The third kappa shape index (κ3) is 3.20. The molecule has 4 nitrogen and oxygen atoms in total. The van der Waals surface area contributed by atoms with E-state index in [2.05, 4.69) is 10.3 Å². The maximum atomic E-state index is 13.4. The molecule has 8 heteroatoms. The first-order valence-electron chi connectivity index (χ1n) is 5.61. The maximum Gasteiger partial charge on any atom is 0.416 e. The van der Waals surface area contributed by atoms with Crippen molar-refractivity contribution in [3.8, 4) is 6.07 Å². The molecule has 0 fully saturated rings. The summed E-state index contributed by atoms with van der Waals surface area (Å²) in [5, 5.41) is 11.3. The predicted octanol–water partition coefficient (Wildman–Crippen LogP) is 3.44. The van der Waals surface area contributed by atoms with Crippen LogP contribution in [0, 0.1) is 17.1 Å². The van der Waals surface area contributed by atoms with E-state index in [1.54, 1.807) is 6.07 Å². The number of nitrogens with two attached hydrogens (primary N) is 1. The molecule has 0 saturated heterocycles. The molecule has 0 aliphatic heterocycles. The Hall–Kier alpha value is -2.82. The summed E-state index contributed by atoms with van der Waals surface area (Å²) >= 11 is 0. The maximum absolute atomic E-state index is 13.4. The molecule has 0 radical (unpaired) electrons. The molecule has 0 amide bonds. The van der Waals surface area contributed by atoms with Gasteiger partial charge in [0.1, 0.15) is 29.1 Å². The van der Waals surface area contributed by atoms with Crippen molar-refractivity contribution in [3.05, 3.63) is 47.3 Å². The van der Waals surface area contributed by atoms with Crippen molar-refractivity contribution >= 4 is 17.3 Å². The molecule has 0 unspecified atom stereocenters. The molecule has 1 aromatic carbocycles. The smallest absolute Gasteiger partial charge is 0.384 e. The van der Waals surface area contributed by atoms with Crippen LogP contribution in [-0.2, 0) is 6.18 Å². The van der Waals surface area contributed by atoms with Crippen LogP contribution >= 0.6 is 0 Å². The minimum absolute atomic E-state index is 0.00345. The number of nitrogens with zero attached hydrogens (tertiary/aromatic N) is 2. The van der Waals surface area contributed by atoms with E-state index in [0.717, 1.165) is 12.1 Å². The van der Waals surface area contributed by atoms with Crippen LogP contribution < -0.4 is 11.1 Å². The second kappa shape index (κ2) is 5.28. The number of alkyl halides is 3. The first kappa shape index (κ1) is 14.6. The van der Waals surface area contributed by atoms with Gasteiger partial charge < -0.3 is 11.1 Å². The molecule has 1 aromatic heterocycles. The van der Waals surface area contributed by atoms with Gasteiger partial charge in [0.25, 0.3) is 0 Å². The normalized spacial score (nSPS) is 11.0. The standard InChI is InChI=1S/C13H8F4N4/c14-9-2-1-3-10(8(9)6-18)20-12-5-7(13(15,16)17)4-11(19)21-12/h1-5H,(H3,19,20,21). The molecule has 0 bridgehead atoms. The number of nitrogen functional groups attached to an aromatic ring is 1. The van der Waals surface area contributed by atoms with E-state index in [0.29, 0.717) is 6.07 Å². The van der Waals surface area contributed by atoms with Crippen molar-refractivity contribution < 1.29 is 17.6 Å². The van der Waals surface area contributed by atoms with Gasteiger partial charge in [0.2, 0.25) is 0 Å². The van der Waals surface area contributed by atoms with E-state index in [1.165, 1.54) is 12.1 Å². The molecule has 1 heterocycles. The summed E-state index contributed by atoms with van der Waals surface area (Å²) < 4.78 is 51.4. The topological polar surface area (TPSA) is 74.7 Å². The summed E-state index contributed by atoms with van der Waals surface area (Å²) in [6.45, 7) is 0. The Balaban J connectivity index is 2.44. The Bertz CT molecular complexity index is 719. The number of pyridine rings is 1. The Labute approximate surface area is 116 Å².